The van der Waals surface area contributed by atoms with Crippen molar-refractivity contribution in [3.8, 4) is 5.82 Å². The standard InChI is InChI=1S/C10H10N2O/c1-11-9(8-13)4-5-10(11)12-6-2-3-7-12/h2-8H,1H3. The normalized spacial score (nSPS) is 10.2. The van der Waals surface area contributed by atoms with Crippen molar-refractivity contribution >= 4 is 6.29 Å². The van der Waals surface area contributed by atoms with Gasteiger partial charge in [0, 0.05) is 19.4 Å². The summed E-state index contributed by atoms with van der Waals surface area (Å²) < 4.78 is 3.82. The Bertz CT molecular complexity index is 412. The molecule has 2 rings (SSSR count). The summed E-state index contributed by atoms with van der Waals surface area (Å²) in [6, 6.07) is 7.63. The van der Waals surface area contributed by atoms with Crippen LogP contribution in [0, 0.1) is 0 Å². The van der Waals surface area contributed by atoms with Gasteiger partial charge in [0.1, 0.15) is 5.82 Å². The van der Waals surface area contributed by atoms with Crippen LogP contribution in [0.2, 0.25) is 0 Å². The van der Waals surface area contributed by atoms with Crippen LogP contribution in [0.15, 0.2) is 36.7 Å². The molecule has 0 saturated carbocycles. The SMILES string of the molecule is Cn1c(C=O)ccc1-n1cccc1. The predicted octanol–water partition coefficient (Wildman–Crippen LogP) is 1.63. The molecule has 0 N–H and O–H groups in total. The Labute approximate surface area is 76.2 Å². The highest BCUT2D eigenvalue weighted by molar-refractivity contribution is 5.73. The molecule has 3 heteroatoms. The largest absolute Gasteiger partial charge is 0.328 e. The molecule has 0 fully saturated rings. The Hall–Kier alpha value is -1.77. The highest BCUT2D eigenvalue weighted by atomic mass is 16.1. The van der Waals surface area contributed by atoms with Crippen LogP contribution < -0.4 is 0 Å². The van der Waals surface area contributed by atoms with Gasteiger partial charge in [0.2, 0.25) is 0 Å². The first kappa shape index (κ1) is 7.86. The van der Waals surface area contributed by atoms with Gasteiger partial charge in [-0.05, 0) is 24.3 Å². The summed E-state index contributed by atoms with van der Waals surface area (Å²) in [4.78, 5) is 10.6. The van der Waals surface area contributed by atoms with Crippen LogP contribution in [0.25, 0.3) is 5.82 Å². The van der Waals surface area contributed by atoms with Crippen LogP contribution in [0.5, 0.6) is 0 Å². The van der Waals surface area contributed by atoms with Crippen molar-refractivity contribution in [1.82, 2.24) is 9.13 Å². The number of hydrogen-bond donors (Lipinski definition) is 0. The van der Waals surface area contributed by atoms with Crippen LogP contribution in [-0.2, 0) is 7.05 Å². The number of hydrogen-bond acceptors (Lipinski definition) is 1. The van der Waals surface area contributed by atoms with Gasteiger partial charge in [-0.25, -0.2) is 0 Å². The third kappa shape index (κ3) is 1.18. The maximum absolute atomic E-state index is 10.6. The van der Waals surface area contributed by atoms with E-state index in [1.54, 1.807) is 0 Å². The monoisotopic (exact) mass is 174 g/mol. The molecule has 2 aromatic rings. The van der Waals surface area contributed by atoms with E-state index < -0.39 is 0 Å². The van der Waals surface area contributed by atoms with Crippen molar-refractivity contribution in [3.63, 3.8) is 0 Å². The van der Waals surface area contributed by atoms with Crippen molar-refractivity contribution in [2.24, 2.45) is 7.05 Å². The Morgan fingerprint density at radius 2 is 1.92 bits per heavy atom. The second kappa shape index (κ2) is 2.94. The molecule has 2 heterocycles. The Balaban J connectivity index is 2.53. The average Bonchev–Trinajstić information content (AvgIpc) is 2.72. The van der Waals surface area contributed by atoms with E-state index in [2.05, 4.69) is 0 Å². The quantitative estimate of drug-likeness (QED) is 0.635. The van der Waals surface area contributed by atoms with Crippen molar-refractivity contribution in [1.29, 1.82) is 0 Å². The first-order chi connectivity index (χ1) is 6.33. The number of aromatic nitrogens is 2. The number of carbonyl (C=O) groups is 1. The molecule has 0 aliphatic rings. The fraction of sp³-hybridized carbons (Fsp3) is 0.100. The van der Waals surface area contributed by atoms with E-state index in [1.807, 2.05) is 52.8 Å². The summed E-state index contributed by atoms with van der Waals surface area (Å²) in [5, 5.41) is 0. The van der Waals surface area contributed by atoms with Crippen LogP contribution in [0.1, 0.15) is 10.5 Å². The molecule has 0 aromatic carbocycles. The zero-order chi connectivity index (χ0) is 9.26. The summed E-state index contributed by atoms with van der Waals surface area (Å²) in [7, 11) is 1.87. The first-order valence-electron chi connectivity index (χ1n) is 4.07. The summed E-state index contributed by atoms with van der Waals surface area (Å²) >= 11 is 0. The van der Waals surface area contributed by atoms with E-state index in [-0.39, 0.29) is 0 Å². The molecule has 66 valence electrons. The van der Waals surface area contributed by atoms with Crippen molar-refractivity contribution in [3.05, 3.63) is 42.4 Å². The molecule has 0 atom stereocenters. The van der Waals surface area contributed by atoms with Crippen LogP contribution in [0.4, 0.5) is 0 Å². The van der Waals surface area contributed by atoms with Crippen LogP contribution in [0.3, 0.4) is 0 Å². The van der Waals surface area contributed by atoms with Gasteiger partial charge < -0.3 is 9.13 Å². The highest BCUT2D eigenvalue weighted by Crippen LogP contribution is 2.10. The molecule has 0 aliphatic carbocycles. The molecular weight excluding hydrogens is 164 g/mol. The molecule has 2 aromatic heterocycles. The maximum Gasteiger partial charge on any atom is 0.166 e. The number of nitrogens with zero attached hydrogens (tertiary/aromatic N) is 2. The maximum atomic E-state index is 10.6. The van der Waals surface area contributed by atoms with E-state index in [0.29, 0.717) is 5.69 Å². The lowest BCUT2D eigenvalue weighted by molar-refractivity contribution is 0.111. The lowest BCUT2D eigenvalue weighted by Crippen LogP contribution is -2.01. The Kier molecular flexibility index (Phi) is 1.77. The third-order valence-corrected chi connectivity index (χ3v) is 2.12. The highest BCUT2D eigenvalue weighted by Gasteiger charge is 2.03. The first-order valence-corrected chi connectivity index (χ1v) is 4.07. The van der Waals surface area contributed by atoms with Gasteiger partial charge >= 0.3 is 0 Å². The van der Waals surface area contributed by atoms with Gasteiger partial charge in [-0.15, -0.1) is 0 Å². The number of rotatable bonds is 2. The molecule has 0 amide bonds. The summed E-state index contributed by atoms with van der Waals surface area (Å²) in [5.74, 6) is 0.993. The van der Waals surface area contributed by atoms with Gasteiger partial charge in [-0.2, -0.15) is 0 Å². The third-order valence-electron chi connectivity index (χ3n) is 2.12. The minimum Gasteiger partial charge on any atom is -0.328 e. The smallest absolute Gasteiger partial charge is 0.166 e. The molecule has 0 radical (unpaired) electrons. The molecule has 0 aliphatic heterocycles. The second-order valence-corrected chi connectivity index (χ2v) is 2.88. The summed E-state index contributed by atoms with van der Waals surface area (Å²) in [5.41, 5.74) is 0.684. The minimum atomic E-state index is 0.684. The minimum absolute atomic E-state index is 0.684. The van der Waals surface area contributed by atoms with Crippen molar-refractivity contribution in [2.45, 2.75) is 0 Å². The molecule has 13 heavy (non-hydrogen) atoms. The van der Waals surface area contributed by atoms with Crippen molar-refractivity contribution in [2.75, 3.05) is 0 Å². The van der Waals surface area contributed by atoms with E-state index in [1.165, 1.54) is 0 Å². The molecule has 0 bridgehead atoms. The van der Waals surface area contributed by atoms with Gasteiger partial charge in [0.05, 0.1) is 5.69 Å². The molecular formula is C10H10N2O. The van der Waals surface area contributed by atoms with Crippen LogP contribution >= 0.6 is 0 Å². The molecule has 0 spiro atoms. The Morgan fingerprint density at radius 3 is 2.46 bits per heavy atom. The van der Waals surface area contributed by atoms with Gasteiger partial charge in [-0.3, -0.25) is 4.79 Å². The fourth-order valence-electron chi connectivity index (χ4n) is 1.38. The lowest BCUT2D eigenvalue weighted by atomic mass is 10.5. The van der Waals surface area contributed by atoms with Crippen molar-refractivity contribution < 1.29 is 4.79 Å². The van der Waals surface area contributed by atoms with E-state index in [4.69, 9.17) is 0 Å². The van der Waals surface area contributed by atoms with E-state index in [9.17, 15) is 4.79 Å². The molecule has 3 nitrogen and oxygen atoms in total. The second-order valence-electron chi connectivity index (χ2n) is 2.88. The summed E-state index contributed by atoms with van der Waals surface area (Å²) in [6.07, 6.45) is 4.75. The molecule has 0 unspecified atom stereocenters. The average molecular weight is 174 g/mol. The predicted molar refractivity (Wildman–Crippen MR) is 50.1 cm³/mol. The number of carbonyl (C=O) groups excluding carboxylic acids is 1. The van der Waals surface area contributed by atoms with Gasteiger partial charge in [0.25, 0.3) is 0 Å². The zero-order valence-corrected chi connectivity index (χ0v) is 7.34. The van der Waals surface area contributed by atoms with E-state index >= 15 is 0 Å². The van der Waals surface area contributed by atoms with E-state index in [0.717, 1.165) is 12.1 Å². The zero-order valence-electron chi connectivity index (χ0n) is 7.34. The van der Waals surface area contributed by atoms with Gasteiger partial charge in [0.15, 0.2) is 6.29 Å². The van der Waals surface area contributed by atoms with Gasteiger partial charge in [-0.1, -0.05) is 0 Å². The topological polar surface area (TPSA) is 26.9 Å². The molecule has 0 saturated heterocycles. The number of aldehydes is 1. The fourth-order valence-corrected chi connectivity index (χ4v) is 1.38. The Morgan fingerprint density at radius 1 is 1.23 bits per heavy atom. The lowest BCUT2D eigenvalue weighted by Gasteiger charge is -2.04. The summed E-state index contributed by atoms with van der Waals surface area (Å²) in [6.45, 7) is 0. The van der Waals surface area contributed by atoms with Crippen LogP contribution in [-0.4, -0.2) is 15.4 Å².